The number of hydrogen-bond donors (Lipinski definition) is 1. The van der Waals surface area contributed by atoms with E-state index in [1.54, 1.807) is 0 Å². The molecule has 0 fully saturated rings. The van der Waals surface area contributed by atoms with Gasteiger partial charge >= 0.3 is 12.3 Å². The molecule has 0 aliphatic heterocycles. The lowest BCUT2D eigenvalue weighted by atomic mass is 10.1. The van der Waals surface area contributed by atoms with Gasteiger partial charge in [-0.05, 0) is 6.07 Å². The number of halogens is 3. The van der Waals surface area contributed by atoms with Gasteiger partial charge in [0.25, 0.3) is 5.69 Å². The lowest BCUT2D eigenvalue weighted by Crippen LogP contribution is -2.18. The Balaban J connectivity index is 2.82. The van der Waals surface area contributed by atoms with Gasteiger partial charge in [0.1, 0.15) is 12.4 Å². The predicted octanol–water partition coefficient (Wildman–Crippen LogP) is 2.21. The molecule has 0 radical (unpaired) electrons. The quantitative estimate of drug-likeness (QED) is 0.490. The van der Waals surface area contributed by atoms with Gasteiger partial charge in [-0.1, -0.05) is 6.07 Å². The van der Waals surface area contributed by atoms with Crippen molar-refractivity contribution in [3.8, 4) is 5.75 Å². The summed E-state index contributed by atoms with van der Waals surface area (Å²) in [6.07, 6.45) is -4.83. The number of carbonyl (C=O) groups is 1. The van der Waals surface area contributed by atoms with E-state index in [2.05, 4.69) is 4.74 Å². The third-order valence-corrected chi connectivity index (χ3v) is 2.02. The summed E-state index contributed by atoms with van der Waals surface area (Å²) >= 11 is 0. The summed E-state index contributed by atoms with van der Waals surface area (Å²) in [5.41, 5.74) is -1.45. The number of carboxylic acid groups (broad SMARTS) is 1. The minimum atomic E-state index is -4.83. The molecule has 0 aliphatic carbocycles. The van der Waals surface area contributed by atoms with Crippen molar-refractivity contribution in [2.24, 2.45) is 0 Å². The molecule has 0 unspecified atom stereocenters. The first-order chi connectivity index (χ1) is 9.22. The average molecular weight is 295 g/mol. The molecule has 0 aromatic heterocycles. The molecule has 0 amide bonds. The highest BCUT2D eigenvalue weighted by Crippen LogP contribution is 2.28. The number of carboxylic acids is 1. The first-order valence-corrected chi connectivity index (χ1v) is 5.06. The summed E-state index contributed by atoms with van der Waals surface area (Å²) in [6, 6.07) is 3.21. The highest BCUT2D eigenvalue weighted by Gasteiger charge is 2.29. The number of aromatic carboxylic acids is 1. The predicted molar refractivity (Wildman–Crippen MR) is 57.6 cm³/mol. The Labute approximate surface area is 109 Å². The molecule has 0 bridgehead atoms. The van der Waals surface area contributed by atoms with Gasteiger partial charge < -0.3 is 9.84 Å². The van der Waals surface area contributed by atoms with E-state index in [0.717, 1.165) is 18.2 Å². The van der Waals surface area contributed by atoms with Crippen LogP contribution in [0, 0.1) is 10.1 Å². The van der Waals surface area contributed by atoms with Gasteiger partial charge in [0, 0.05) is 6.07 Å². The second kappa shape index (κ2) is 6.19. The van der Waals surface area contributed by atoms with E-state index in [0.29, 0.717) is 0 Å². The summed E-state index contributed by atoms with van der Waals surface area (Å²) in [7, 11) is 0. The smallest absolute Gasteiger partial charge is 0.490 e. The maximum Gasteiger partial charge on any atom is 0.522 e. The van der Waals surface area contributed by atoms with E-state index in [1.807, 2.05) is 0 Å². The highest BCUT2D eigenvalue weighted by molar-refractivity contribution is 5.95. The summed E-state index contributed by atoms with van der Waals surface area (Å²) in [4.78, 5) is 20.7. The van der Waals surface area contributed by atoms with Crippen molar-refractivity contribution in [1.82, 2.24) is 0 Å². The molecule has 10 heteroatoms. The molecule has 7 nitrogen and oxygen atoms in total. The van der Waals surface area contributed by atoms with Crippen molar-refractivity contribution in [3.05, 3.63) is 33.9 Å². The van der Waals surface area contributed by atoms with Gasteiger partial charge in [0.15, 0.2) is 5.56 Å². The van der Waals surface area contributed by atoms with E-state index < -0.39 is 47.5 Å². The fourth-order valence-corrected chi connectivity index (χ4v) is 1.32. The first kappa shape index (κ1) is 15.7. The Morgan fingerprint density at radius 2 is 2.00 bits per heavy atom. The lowest BCUT2D eigenvalue weighted by molar-refractivity contribution is -0.385. The van der Waals surface area contributed by atoms with E-state index in [4.69, 9.17) is 9.84 Å². The maximum atomic E-state index is 11.7. The Morgan fingerprint density at radius 1 is 1.35 bits per heavy atom. The lowest BCUT2D eigenvalue weighted by Gasteiger charge is -2.10. The molecule has 0 spiro atoms. The molecule has 1 rings (SSSR count). The van der Waals surface area contributed by atoms with Crippen LogP contribution in [-0.4, -0.2) is 35.6 Å². The van der Waals surface area contributed by atoms with Crippen molar-refractivity contribution >= 4 is 11.7 Å². The minimum Gasteiger partial charge on any atom is -0.490 e. The molecular formula is C10H8F3NO6. The second-order valence-corrected chi connectivity index (χ2v) is 3.36. The molecule has 1 N–H and O–H groups in total. The van der Waals surface area contributed by atoms with Crippen LogP contribution in [0.2, 0.25) is 0 Å². The highest BCUT2D eigenvalue weighted by atomic mass is 19.4. The summed E-state index contributed by atoms with van der Waals surface area (Å²) in [6.45, 7) is -1.48. The van der Waals surface area contributed by atoms with Crippen LogP contribution in [0.5, 0.6) is 5.75 Å². The van der Waals surface area contributed by atoms with Crippen LogP contribution in [0.3, 0.4) is 0 Å². The molecule has 0 heterocycles. The molecule has 0 saturated carbocycles. The van der Waals surface area contributed by atoms with Gasteiger partial charge in [-0.25, -0.2) is 4.79 Å². The molecule has 0 saturated heterocycles. The zero-order valence-electron chi connectivity index (χ0n) is 9.72. The van der Waals surface area contributed by atoms with Crippen molar-refractivity contribution in [1.29, 1.82) is 0 Å². The van der Waals surface area contributed by atoms with Crippen LogP contribution < -0.4 is 4.74 Å². The Morgan fingerprint density at radius 3 is 2.50 bits per heavy atom. The molecule has 1 aromatic rings. The third-order valence-electron chi connectivity index (χ3n) is 2.02. The van der Waals surface area contributed by atoms with Crippen molar-refractivity contribution in [2.45, 2.75) is 6.36 Å². The standard InChI is InChI=1S/C10H8F3NO6/c11-10(12,13)20-5-4-19-7-3-1-2-6(14(17)18)8(7)9(15)16/h1-3H,4-5H2,(H,15,16). The Bertz CT molecular complexity index is 516. The van der Waals surface area contributed by atoms with Gasteiger partial charge in [-0.3, -0.25) is 14.9 Å². The van der Waals surface area contributed by atoms with E-state index in [1.165, 1.54) is 0 Å². The summed E-state index contributed by atoms with van der Waals surface area (Å²) in [5.74, 6) is -2.03. The second-order valence-electron chi connectivity index (χ2n) is 3.36. The van der Waals surface area contributed by atoms with Crippen molar-refractivity contribution in [2.75, 3.05) is 13.2 Å². The van der Waals surface area contributed by atoms with Gasteiger partial charge in [0.2, 0.25) is 0 Å². The monoisotopic (exact) mass is 295 g/mol. The first-order valence-electron chi connectivity index (χ1n) is 5.06. The average Bonchev–Trinajstić information content (AvgIpc) is 2.32. The van der Waals surface area contributed by atoms with Crippen molar-refractivity contribution in [3.63, 3.8) is 0 Å². The number of rotatable bonds is 6. The third kappa shape index (κ3) is 4.39. The number of alkyl halides is 3. The number of nitro groups is 1. The van der Waals surface area contributed by atoms with Crippen molar-refractivity contribution < 1.29 is 37.5 Å². The number of nitrogens with zero attached hydrogens (tertiary/aromatic N) is 1. The van der Waals surface area contributed by atoms with E-state index >= 15 is 0 Å². The molecule has 20 heavy (non-hydrogen) atoms. The Kier molecular flexibility index (Phi) is 4.86. The zero-order chi connectivity index (χ0) is 15.3. The molecule has 110 valence electrons. The van der Waals surface area contributed by atoms with Gasteiger partial charge in [-0.15, -0.1) is 13.2 Å². The number of benzene rings is 1. The van der Waals surface area contributed by atoms with Crippen LogP contribution in [0.1, 0.15) is 10.4 Å². The summed E-state index contributed by atoms with van der Waals surface area (Å²) < 4.78 is 43.3. The number of nitro benzene ring substituents is 1. The van der Waals surface area contributed by atoms with Crippen LogP contribution in [-0.2, 0) is 4.74 Å². The fraction of sp³-hybridized carbons (Fsp3) is 0.300. The maximum absolute atomic E-state index is 11.7. The largest absolute Gasteiger partial charge is 0.522 e. The van der Waals surface area contributed by atoms with Crippen LogP contribution in [0.15, 0.2) is 18.2 Å². The van der Waals surface area contributed by atoms with E-state index in [-0.39, 0.29) is 0 Å². The van der Waals surface area contributed by atoms with Crippen LogP contribution in [0.25, 0.3) is 0 Å². The number of hydrogen-bond acceptors (Lipinski definition) is 5. The SMILES string of the molecule is O=C(O)c1c(OCCOC(F)(F)F)cccc1[N+](=O)[O-]. The zero-order valence-corrected chi connectivity index (χ0v) is 9.72. The Hall–Kier alpha value is -2.36. The number of ether oxygens (including phenoxy) is 2. The van der Waals surface area contributed by atoms with Crippen LogP contribution in [0.4, 0.5) is 18.9 Å². The molecule has 0 aliphatic rings. The fourth-order valence-electron chi connectivity index (χ4n) is 1.32. The minimum absolute atomic E-state index is 0.405. The molecule has 0 atom stereocenters. The van der Waals surface area contributed by atoms with E-state index in [9.17, 15) is 28.1 Å². The van der Waals surface area contributed by atoms with Crippen LogP contribution >= 0.6 is 0 Å². The summed E-state index contributed by atoms with van der Waals surface area (Å²) in [5, 5.41) is 19.5. The molecule has 1 aromatic carbocycles. The topological polar surface area (TPSA) is 98.9 Å². The molecular weight excluding hydrogens is 287 g/mol. The van der Waals surface area contributed by atoms with Gasteiger partial charge in [-0.2, -0.15) is 0 Å². The van der Waals surface area contributed by atoms with Gasteiger partial charge in [0.05, 0.1) is 11.5 Å². The normalized spacial score (nSPS) is 11.2.